The number of carbonyl (C=O) groups is 1. The second-order valence-electron chi connectivity index (χ2n) is 2.99. The summed E-state index contributed by atoms with van der Waals surface area (Å²) in [5.41, 5.74) is 4.80. The Morgan fingerprint density at radius 3 is 2.88 bits per heavy atom. The third-order valence-corrected chi connectivity index (χ3v) is 2.15. The summed E-state index contributed by atoms with van der Waals surface area (Å²) in [6.45, 7) is 0.172. The summed E-state index contributed by atoms with van der Waals surface area (Å²) < 4.78 is 4.47. The van der Waals surface area contributed by atoms with E-state index in [2.05, 4.69) is 10.1 Å². The topological polar surface area (TPSA) is 107 Å². The highest BCUT2D eigenvalue weighted by molar-refractivity contribution is 6.33. The fourth-order valence-corrected chi connectivity index (χ4v) is 1.40. The molecule has 0 saturated carbocycles. The van der Waals surface area contributed by atoms with Gasteiger partial charge in [0.25, 0.3) is 5.69 Å². The molecule has 0 aliphatic carbocycles. The van der Waals surface area contributed by atoms with Crippen molar-refractivity contribution in [3.8, 4) is 0 Å². The number of benzene rings is 1. The molecule has 0 aromatic heterocycles. The normalized spacial score (nSPS) is 9.71. The quantitative estimate of drug-likeness (QED) is 0.476. The van der Waals surface area contributed by atoms with Gasteiger partial charge in [0.15, 0.2) is 0 Å². The van der Waals surface area contributed by atoms with E-state index in [1.165, 1.54) is 18.2 Å². The fourth-order valence-electron chi connectivity index (χ4n) is 1.17. The number of nitro benzene ring substituents is 1. The Balaban J connectivity index is 2.69. The smallest absolute Gasteiger partial charge is 0.404 e. The number of hydrogen-bond acceptors (Lipinski definition) is 5. The zero-order valence-electron chi connectivity index (χ0n) is 8.68. The van der Waals surface area contributed by atoms with Crippen LogP contribution >= 0.6 is 11.6 Å². The maximum Gasteiger partial charge on any atom is 0.404 e. The predicted octanol–water partition coefficient (Wildman–Crippen LogP) is 1.76. The molecule has 0 unspecified atom stereocenters. The molecule has 1 aromatic carbocycles. The summed E-state index contributed by atoms with van der Waals surface area (Å²) in [4.78, 5) is 20.5. The monoisotopic (exact) mass is 259 g/mol. The van der Waals surface area contributed by atoms with Crippen LogP contribution in [0.25, 0.3) is 0 Å². The Bertz CT molecular complexity index is 438. The first-order valence-electron chi connectivity index (χ1n) is 4.61. The summed E-state index contributed by atoms with van der Waals surface area (Å²) in [5.74, 6) is 0. The Morgan fingerprint density at radius 2 is 2.29 bits per heavy atom. The molecule has 1 amide bonds. The third-order valence-electron chi connectivity index (χ3n) is 1.84. The van der Waals surface area contributed by atoms with E-state index in [9.17, 15) is 14.9 Å². The SMILES string of the molecule is NC(=O)OCCNc1c(Cl)cccc1[N+](=O)[O-]. The maximum atomic E-state index is 10.7. The average Bonchev–Trinajstić information content (AvgIpc) is 2.25. The molecule has 0 aliphatic rings. The molecule has 0 atom stereocenters. The number of nitrogens with one attached hydrogen (secondary N) is 1. The van der Waals surface area contributed by atoms with E-state index in [4.69, 9.17) is 17.3 Å². The van der Waals surface area contributed by atoms with Gasteiger partial charge in [0, 0.05) is 12.6 Å². The second-order valence-corrected chi connectivity index (χ2v) is 3.39. The fraction of sp³-hybridized carbons (Fsp3) is 0.222. The highest BCUT2D eigenvalue weighted by atomic mass is 35.5. The molecule has 0 fully saturated rings. The number of halogens is 1. The molecular formula is C9H10ClN3O4. The number of para-hydroxylation sites is 1. The minimum atomic E-state index is -0.902. The number of ether oxygens (including phenoxy) is 1. The van der Waals surface area contributed by atoms with Crippen LogP contribution in [0.15, 0.2) is 18.2 Å². The number of amides is 1. The van der Waals surface area contributed by atoms with Crippen LogP contribution in [-0.2, 0) is 4.74 Å². The number of carbonyl (C=O) groups excluding carboxylic acids is 1. The first-order chi connectivity index (χ1) is 8.02. The molecule has 0 radical (unpaired) electrons. The van der Waals surface area contributed by atoms with Crippen molar-refractivity contribution in [2.75, 3.05) is 18.5 Å². The van der Waals surface area contributed by atoms with Gasteiger partial charge < -0.3 is 15.8 Å². The van der Waals surface area contributed by atoms with Crippen molar-refractivity contribution < 1.29 is 14.5 Å². The standard InChI is InChI=1S/C9H10ClN3O4/c10-6-2-1-3-7(13(15)16)8(6)12-4-5-17-9(11)14/h1-3,12H,4-5H2,(H2,11,14). The number of hydrogen-bond donors (Lipinski definition) is 2. The van der Waals surface area contributed by atoms with Gasteiger partial charge in [-0.2, -0.15) is 0 Å². The molecule has 3 N–H and O–H groups in total. The van der Waals surface area contributed by atoms with E-state index in [0.29, 0.717) is 0 Å². The molecule has 1 rings (SSSR count). The Labute approximate surface area is 102 Å². The Morgan fingerprint density at radius 1 is 1.59 bits per heavy atom. The van der Waals surface area contributed by atoms with Crippen LogP contribution in [0, 0.1) is 10.1 Å². The van der Waals surface area contributed by atoms with Crippen LogP contribution in [0.2, 0.25) is 5.02 Å². The van der Waals surface area contributed by atoms with Crippen LogP contribution in [0.4, 0.5) is 16.2 Å². The van der Waals surface area contributed by atoms with Crippen molar-refractivity contribution in [1.29, 1.82) is 0 Å². The molecule has 0 heterocycles. The lowest BCUT2D eigenvalue weighted by atomic mass is 10.2. The molecule has 0 saturated heterocycles. The minimum absolute atomic E-state index is 0.00227. The van der Waals surface area contributed by atoms with Crippen LogP contribution in [-0.4, -0.2) is 24.2 Å². The van der Waals surface area contributed by atoms with Gasteiger partial charge in [0.1, 0.15) is 12.3 Å². The van der Waals surface area contributed by atoms with Gasteiger partial charge in [-0.3, -0.25) is 10.1 Å². The van der Waals surface area contributed by atoms with Gasteiger partial charge in [0.05, 0.1) is 9.95 Å². The largest absolute Gasteiger partial charge is 0.448 e. The Kier molecular flexibility index (Phi) is 4.53. The predicted molar refractivity (Wildman–Crippen MR) is 62.1 cm³/mol. The van der Waals surface area contributed by atoms with Crippen molar-refractivity contribution in [3.63, 3.8) is 0 Å². The van der Waals surface area contributed by atoms with E-state index >= 15 is 0 Å². The number of nitro groups is 1. The zero-order valence-corrected chi connectivity index (χ0v) is 9.44. The van der Waals surface area contributed by atoms with Gasteiger partial charge >= 0.3 is 6.09 Å². The first kappa shape index (κ1) is 13.0. The molecule has 17 heavy (non-hydrogen) atoms. The Hall–Kier alpha value is -2.02. The molecular weight excluding hydrogens is 250 g/mol. The molecule has 7 nitrogen and oxygen atoms in total. The number of anilines is 1. The molecule has 8 heteroatoms. The van der Waals surface area contributed by atoms with Gasteiger partial charge in [0.2, 0.25) is 0 Å². The van der Waals surface area contributed by atoms with Crippen LogP contribution < -0.4 is 11.1 Å². The van der Waals surface area contributed by atoms with Crippen molar-refractivity contribution in [1.82, 2.24) is 0 Å². The summed E-state index contributed by atoms with van der Waals surface area (Å²) in [6.07, 6.45) is -0.902. The lowest BCUT2D eigenvalue weighted by Crippen LogP contribution is -2.18. The van der Waals surface area contributed by atoms with E-state index in [-0.39, 0.29) is 29.5 Å². The van der Waals surface area contributed by atoms with E-state index in [0.717, 1.165) is 0 Å². The lowest BCUT2D eigenvalue weighted by molar-refractivity contribution is -0.383. The molecule has 92 valence electrons. The molecule has 0 bridgehead atoms. The van der Waals surface area contributed by atoms with Crippen LogP contribution in [0.5, 0.6) is 0 Å². The minimum Gasteiger partial charge on any atom is -0.448 e. The van der Waals surface area contributed by atoms with Gasteiger partial charge in [-0.05, 0) is 6.07 Å². The third kappa shape index (κ3) is 3.80. The van der Waals surface area contributed by atoms with Gasteiger partial charge in [-0.1, -0.05) is 17.7 Å². The number of primary amides is 1. The molecule has 0 aliphatic heterocycles. The number of nitrogens with zero attached hydrogens (tertiary/aromatic N) is 1. The van der Waals surface area contributed by atoms with E-state index in [1.54, 1.807) is 0 Å². The van der Waals surface area contributed by atoms with Crippen molar-refractivity contribution in [2.45, 2.75) is 0 Å². The first-order valence-corrected chi connectivity index (χ1v) is 4.99. The molecule has 1 aromatic rings. The van der Waals surface area contributed by atoms with Crippen molar-refractivity contribution in [3.05, 3.63) is 33.3 Å². The zero-order chi connectivity index (χ0) is 12.8. The van der Waals surface area contributed by atoms with Crippen LogP contribution in [0.3, 0.4) is 0 Å². The number of rotatable bonds is 5. The summed E-state index contributed by atoms with van der Waals surface area (Å²) in [6, 6.07) is 4.32. The second kappa shape index (κ2) is 5.90. The van der Waals surface area contributed by atoms with Gasteiger partial charge in [-0.25, -0.2) is 4.79 Å². The lowest BCUT2D eigenvalue weighted by Gasteiger charge is -2.08. The van der Waals surface area contributed by atoms with E-state index < -0.39 is 11.0 Å². The van der Waals surface area contributed by atoms with Gasteiger partial charge in [-0.15, -0.1) is 0 Å². The van der Waals surface area contributed by atoms with E-state index in [1.807, 2.05) is 0 Å². The average molecular weight is 260 g/mol. The maximum absolute atomic E-state index is 10.7. The summed E-state index contributed by atoms with van der Waals surface area (Å²) >= 11 is 5.82. The number of nitrogens with two attached hydrogens (primary N) is 1. The highest BCUT2D eigenvalue weighted by Gasteiger charge is 2.15. The van der Waals surface area contributed by atoms with Crippen molar-refractivity contribution >= 4 is 29.1 Å². The van der Waals surface area contributed by atoms with Crippen LogP contribution in [0.1, 0.15) is 0 Å². The highest BCUT2D eigenvalue weighted by Crippen LogP contribution is 2.31. The molecule has 0 spiro atoms. The summed E-state index contributed by atoms with van der Waals surface area (Å²) in [7, 11) is 0. The van der Waals surface area contributed by atoms with Crippen molar-refractivity contribution in [2.24, 2.45) is 5.73 Å². The summed E-state index contributed by atoms with van der Waals surface area (Å²) in [5, 5.41) is 13.6.